The van der Waals surface area contributed by atoms with Gasteiger partial charge in [0.15, 0.2) is 5.65 Å². The normalized spacial score (nSPS) is 15.2. The molecule has 0 saturated carbocycles. The van der Waals surface area contributed by atoms with Crippen molar-refractivity contribution in [2.24, 2.45) is 0 Å². The monoisotopic (exact) mass is 474 g/mol. The number of halogens is 1. The summed E-state index contributed by atoms with van der Waals surface area (Å²) in [6.45, 7) is 6.42. The highest BCUT2D eigenvalue weighted by Gasteiger charge is 2.20. The van der Waals surface area contributed by atoms with Gasteiger partial charge in [0, 0.05) is 27.9 Å². The molecule has 2 aromatic carbocycles. The topological polar surface area (TPSA) is 71.5 Å². The fraction of sp³-hybridized carbons (Fsp3) is 0.333. The average molecular weight is 475 g/mol. The lowest BCUT2D eigenvalue weighted by atomic mass is 9.98. The van der Waals surface area contributed by atoms with Crippen molar-refractivity contribution in [1.82, 2.24) is 19.5 Å². The van der Waals surface area contributed by atoms with Gasteiger partial charge in [0.1, 0.15) is 5.82 Å². The molecule has 1 fully saturated rings. The van der Waals surface area contributed by atoms with E-state index < -0.39 is 0 Å². The summed E-state index contributed by atoms with van der Waals surface area (Å²) in [4.78, 5) is 7.35. The van der Waals surface area contributed by atoms with Gasteiger partial charge >= 0.3 is 0 Å². The van der Waals surface area contributed by atoms with Crippen LogP contribution < -0.4 is 11.1 Å². The van der Waals surface area contributed by atoms with Crippen LogP contribution in [0.4, 0.5) is 11.5 Å². The molecule has 0 radical (unpaired) electrons. The Labute approximate surface area is 205 Å². The number of nitrogens with one attached hydrogen (secondary N) is 1. The van der Waals surface area contributed by atoms with E-state index in [2.05, 4.69) is 47.5 Å². The van der Waals surface area contributed by atoms with Crippen LogP contribution in [-0.2, 0) is 6.42 Å². The van der Waals surface area contributed by atoms with Crippen LogP contribution in [0.5, 0.6) is 0 Å². The molecule has 1 aliphatic heterocycles. The zero-order valence-electron chi connectivity index (χ0n) is 20.0. The number of nitrogen functional groups attached to an aromatic ring is 1. The smallest absolute Gasteiger partial charge is 0.165 e. The number of benzene rings is 2. The lowest BCUT2D eigenvalue weighted by Crippen LogP contribution is -2.36. The number of anilines is 2. The molecule has 34 heavy (non-hydrogen) atoms. The molecule has 3 N–H and O–H groups in total. The fourth-order valence-corrected chi connectivity index (χ4v) is 5.13. The molecule has 7 heteroatoms. The van der Waals surface area contributed by atoms with E-state index in [9.17, 15) is 0 Å². The summed E-state index contributed by atoms with van der Waals surface area (Å²) in [5.41, 5.74) is 14.6. The van der Waals surface area contributed by atoms with Crippen molar-refractivity contribution in [1.29, 1.82) is 0 Å². The van der Waals surface area contributed by atoms with Crippen LogP contribution in [0.15, 0.2) is 48.7 Å². The van der Waals surface area contributed by atoms with Gasteiger partial charge in [-0.2, -0.15) is 9.61 Å². The van der Waals surface area contributed by atoms with E-state index in [1.54, 1.807) is 4.52 Å². The maximum atomic E-state index is 6.63. The summed E-state index contributed by atoms with van der Waals surface area (Å²) in [6.07, 6.45) is 5.12. The third-order valence-electron chi connectivity index (χ3n) is 6.85. The molecule has 0 atom stereocenters. The number of rotatable bonds is 5. The van der Waals surface area contributed by atoms with E-state index in [4.69, 9.17) is 22.3 Å². The van der Waals surface area contributed by atoms with E-state index in [-0.39, 0.29) is 0 Å². The number of hydrogen-bond donors (Lipinski definition) is 2. The summed E-state index contributed by atoms with van der Waals surface area (Å²) >= 11 is 6.23. The number of piperidine rings is 1. The van der Waals surface area contributed by atoms with Gasteiger partial charge in [-0.25, -0.2) is 4.98 Å². The van der Waals surface area contributed by atoms with Gasteiger partial charge in [-0.15, -0.1) is 0 Å². The van der Waals surface area contributed by atoms with Crippen LogP contribution in [0, 0.1) is 6.92 Å². The maximum absolute atomic E-state index is 6.63. The quantitative estimate of drug-likeness (QED) is 0.389. The Morgan fingerprint density at radius 3 is 2.65 bits per heavy atom. The zero-order valence-corrected chi connectivity index (χ0v) is 20.7. The minimum Gasteiger partial charge on any atom is -0.383 e. The number of likely N-dealkylation sites (tertiary alicyclic amines) is 1. The van der Waals surface area contributed by atoms with E-state index in [1.807, 2.05) is 37.4 Å². The SMILES string of the molecule is CCc1ccc(NC2CCN(C)CC2)cc1-c1cnn2c(N)c(-c3cccc(Cl)c3)c(C)nc12. The number of aromatic nitrogens is 3. The molecule has 2 aromatic heterocycles. The Kier molecular flexibility index (Phi) is 6.19. The van der Waals surface area contributed by atoms with Gasteiger partial charge in [0.25, 0.3) is 0 Å². The van der Waals surface area contributed by atoms with Crippen LogP contribution in [0.3, 0.4) is 0 Å². The second-order valence-corrected chi connectivity index (χ2v) is 9.65. The number of fused-ring (bicyclic) bond motifs is 1. The molecular formula is C27H31ClN6. The van der Waals surface area contributed by atoms with Crippen LogP contribution in [-0.4, -0.2) is 45.7 Å². The van der Waals surface area contributed by atoms with Crippen molar-refractivity contribution in [3.8, 4) is 22.3 Å². The molecule has 4 aromatic rings. The van der Waals surface area contributed by atoms with Crippen molar-refractivity contribution >= 4 is 28.8 Å². The Balaban J connectivity index is 1.56. The highest BCUT2D eigenvalue weighted by atomic mass is 35.5. The van der Waals surface area contributed by atoms with E-state index in [0.29, 0.717) is 16.9 Å². The molecular weight excluding hydrogens is 444 g/mol. The van der Waals surface area contributed by atoms with Gasteiger partial charge in [0.2, 0.25) is 0 Å². The standard InChI is InChI=1S/C27H31ClN6/c1-4-18-8-9-22(32-21-10-12-33(3)13-11-21)15-23(18)24-16-30-34-26(29)25(17(2)31-27(24)34)19-6-5-7-20(28)14-19/h5-9,14-16,21,32H,4,10-13,29H2,1-3H3. The molecule has 0 bridgehead atoms. The molecule has 0 aliphatic carbocycles. The zero-order chi connectivity index (χ0) is 23.8. The summed E-state index contributed by atoms with van der Waals surface area (Å²) in [6, 6.07) is 14.8. The largest absolute Gasteiger partial charge is 0.383 e. The molecule has 6 nitrogen and oxygen atoms in total. The van der Waals surface area contributed by atoms with Crippen molar-refractivity contribution in [2.45, 2.75) is 39.2 Å². The first-order chi connectivity index (χ1) is 16.4. The molecule has 1 aliphatic rings. The first-order valence-corrected chi connectivity index (χ1v) is 12.3. The average Bonchev–Trinajstić information content (AvgIpc) is 3.24. The summed E-state index contributed by atoms with van der Waals surface area (Å²) in [7, 11) is 2.19. The summed E-state index contributed by atoms with van der Waals surface area (Å²) < 4.78 is 1.75. The molecule has 176 valence electrons. The predicted molar refractivity (Wildman–Crippen MR) is 142 cm³/mol. The minimum absolute atomic E-state index is 0.497. The highest BCUT2D eigenvalue weighted by Crippen LogP contribution is 2.35. The first-order valence-electron chi connectivity index (χ1n) is 11.9. The third-order valence-corrected chi connectivity index (χ3v) is 7.08. The van der Waals surface area contributed by atoms with Crippen molar-refractivity contribution in [2.75, 3.05) is 31.2 Å². The van der Waals surface area contributed by atoms with Crippen LogP contribution in [0.1, 0.15) is 31.0 Å². The van der Waals surface area contributed by atoms with Crippen molar-refractivity contribution in [3.05, 3.63) is 64.9 Å². The molecule has 5 rings (SSSR count). The Bertz CT molecular complexity index is 1340. The number of aryl methyl sites for hydroxylation is 2. The first kappa shape index (κ1) is 22.7. The van der Waals surface area contributed by atoms with Gasteiger partial charge in [-0.3, -0.25) is 0 Å². The van der Waals surface area contributed by atoms with Crippen molar-refractivity contribution < 1.29 is 0 Å². The molecule has 3 heterocycles. The predicted octanol–water partition coefficient (Wildman–Crippen LogP) is 5.68. The Morgan fingerprint density at radius 1 is 1.12 bits per heavy atom. The van der Waals surface area contributed by atoms with E-state index in [0.717, 1.165) is 71.6 Å². The van der Waals surface area contributed by atoms with Gasteiger partial charge < -0.3 is 16.0 Å². The van der Waals surface area contributed by atoms with Gasteiger partial charge in [-0.05, 0) is 87.3 Å². The number of nitrogens with zero attached hydrogens (tertiary/aromatic N) is 4. The van der Waals surface area contributed by atoms with Gasteiger partial charge in [0.05, 0.1) is 11.9 Å². The second-order valence-electron chi connectivity index (χ2n) is 9.21. The number of nitrogens with two attached hydrogens (primary N) is 1. The van der Waals surface area contributed by atoms with Crippen LogP contribution >= 0.6 is 11.6 Å². The lowest BCUT2D eigenvalue weighted by Gasteiger charge is -2.30. The van der Waals surface area contributed by atoms with Crippen molar-refractivity contribution in [3.63, 3.8) is 0 Å². The highest BCUT2D eigenvalue weighted by molar-refractivity contribution is 6.30. The molecule has 1 saturated heterocycles. The van der Waals surface area contributed by atoms with Crippen LogP contribution in [0.25, 0.3) is 27.9 Å². The summed E-state index contributed by atoms with van der Waals surface area (Å²) in [5, 5.41) is 9.06. The maximum Gasteiger partial charge on any atom is 0.165 e. The second kappa shape index (κ2) is 9.28. The van der Waals surface area contributed by atoms with Crippen LogP contribution in [0.2, 0.25) is 5.02 Å². The third kappa shape index (κ3) is 4.24. The van der Waals surface area contributed by atoms with E-state index in [1.165, 1.54) is 5.56 Å². The Hall–Kier alpha value is -3.09. The molecule has 0 spiro atoms. The lowest BCUT2D eigenvalue weighted by molar-refractivity contribution is 0.264. The van der Waals surface area contributed by atoms with Gasteiger partial charge in [-0.1, -0.05) is 36.7 Å². The fourth-order valence-electron chi connectivity index (χ4n) is 4.94. The summed E-state index contributed by atoms with van der Waals surface area (Å²) in [5.74, 6) is 0.565. The number of hydrogen-bond acceptors (Lipinski definition) is 5. The molecule has 0 amide bonds. The Morgan fingerprint density at radius 2 is 1.91 bits per heavy atom. The van der Waals surface area contributed by atoms with E-state index >= 15 is 0 Å². The minimum atomic E-state index is 0.497. The molecule has 0 unspecified atom stereocenters.